The zero-order valence-electron chi connectivity index (χ0n) is 12.7. The molecule has 1 aromatic carbocycles. The van der Waals surface area contributed by atoms with Crippen molar-refractivity contribution in [3.8, 4) is 11.5 Å². The molecule has 0 atom stereocenters. The number of hydrogen-bond acceptors (Lipinski definition) is 7. The molecule has 0 spiro atoms. The Labute approximate surface area is 135 Å². The summed E-state index contributed by atoms with van der Waals surface area (Å²) in [6, 6.07) is 4.59. The first-order valence-electron chi connectivity index (χ1n) is 6.95. The lowest BCUT2D eigenvalue weighted by molar-refractivity contribution is -0.120. The van der Waals surface area contributed by atoms with Gasteiger partial charge >= 0.3 is 5.69 Å². The molecule has 0 radical (unpaired) electrons. The van der Waals surface area contributed by atoms with E-state index < -0.39 is 17.2 Å². The number of aromatic nitrogens is 3. The van der Waals surface area contributed by atoms with Gasteiger partial charge in [0.1, 0.15) is 5.69 Å². The number of aromatic hydroxyl groups is 1. The summed E-state index contributed by atoms with van der Waals surface area (Å²) in [4.78, 5) is 35.9. The van der Waals surface area contributed by atoms with Gasteiger partial charge in [-0.25, -0.2) is 15.3 Å². The van der Waals surface area contributed by atoms with Gasteiger partial charge in [-0.15, -0.1) is 0 Å². The number of amides is 1. The predicted octanol–water partition coefficient (Wildman–Crippen LogP) is -0.745. The second-order valence-electron chi connectivity index (χ2n) is 4.58. The van der Waals surface area contributed by atoms with Crippen LogP contribution in [0.2, 0.25) is 0 Å². The van der Waals surface area contributed by atoms with Gasteiger partial charge in [0.15, 0.2) is 11.5 Å². The van der Waals surface area contributed by atoms with Gasteiger partial charge in [0.2, 0.25) is 5.91 Å². The molecule has 2 rings (SSSR count). The average Bonchev–Trinajstić information content (AvgIpc) is 2.53. The van der Waals surface area contributed by atoms with Gasteiger partial charge in [0.05, 0.1) is 19.2 Å². The van der Waals surface area contributed by atoms with E-state index in [0.29, 0.717) is 17.9 Å². The molecule has 10 nitrogen and oxygen atoms in total. The highest BCUT2D eigenvalue weighted by Gasteiger charge is 2.08. The molecule has 0 aliphatic rings. The van der Waals surface area contributed by atoms with Crippen molar-refractivity contribution < 1.29 is 14.6 Å². The minimum absolute atomic E-state index is 0.00130. The van der Waals surface area contributed by atoms with Crippen molar-refractivity contribution in [2.24, 2.45) is 5.10 Å². The maximum Gasteiger partial charge on any atom is 0.342 e. The van der Waals surface area contributed by atoms with E-state index in [-0.39, 0.29) is 17.9 Å². The van der Waals surface area contributed by atoms with Crippen molar-refractivity contribution in [3.05, 3.63) is 50.3 Å². The molecular weight excluding hydrogens is 318 g/mol. The van der Waals surface area contributed by atoms with E-state index >= 15 is 0 Å². The Balaban J connectivity index is 1.98. The third kappa shape index (κ3) is 4.53. The topological polar surface area (TPSA) is 150 Å². The number of carbonyl (C=O) groups excluding carboxylic acids is 1. The number of nitrogens with zero attached hydrogens (tertiary/aromatic N) is 2. The summed E-state index contributed by atoms with van der Waals surface area (Å²) >= 11 is 0. The van der Waals surface area contributed by atoms with Crippen LogP contribution in [0.25, 0.3) is 0 Å². The fourth-order valence-corrected chi connectivity index (χ4v) is 1.74. The number of phenolic OH excluding ortho intramolecular Hbond substituents is 1. The van der Waals surface area contributed by atoms with E-state index in [1.165, 1.54) is 12.3 Å². The summed E-state index contributed by atoms with van der Waals surface area (Å²) in [7, 11) is 0. The molecule has 10 heteroatoms. The summed E-state index contributed by atoms with van der Waals surface area (Å²) in [5.74, 6) is -0.279. The first-order valence-corrected chi connectivity index (χ1v) is 6.95. The Morgan fingerprint density at radius 2 is 2.25 bits per heavy atom. The van der Waals surface area contributed by atoms with Crippen molar-refractivity contribution in [3.63, 3.8) is 0 Å². The van der Waals surface area contributed by atoms with Crippen molar-refractivity contribution in [1.82, 2.24) is 20.6 Å². The number of carbonyl (C=O) groups is 1. The van der Waals surface area contributed by atoms with Crippen LogP contribution in [0, 0.1) is 0 Å². The number of ether oxygens (including phenoxy) is 1. The predicted molar refractivity (Wildman–Crippen MR) is 84.2 cm³/mol. The Kier molecular flexibility index (Phi) is 5.45. The SMILES string of the molecule is CCOc1cc(C=NNC(=O)Cc2n[nH]c(=O)[nH]c2=O)ccc1O. The average molecular weight is 333 g/mol. The molecule has 0 fully saturated rings. The minimum atomic E-state index is -0.750. The molecule has 0 unspecified atom stereocenters. The monoisotopic (exact) mass is 333 g/mol. The Morgan fingerprint density at radius 3 is 2.96 bits per heavy atom. The first kappa shape index (κ1) is 16.9. The molecular formula is C14H15N5O5. The van der Waals surface area contributed by atoms with Crippen molar-refractivity contribution in [1.29, 1.82) is 0 Å². The maximum absolute atomic E-state index is 11.7. The molecule has 1 heterocycles. The van der Waals surface area contributed by atoms with Crippen LogP contribution >= 0.6 is 0 Å². The molecule has 126 valence electrons. The van der Waals surface area contributed by atoms with Crippen LogP contribution in [-0.2, 0) is 11.2 Å². The van der Waals surface area contributed by atoms with Crippen molar-refractivity contribution in [2.75, 3.05) is 6.61 Å². The van der Waals surface area contributed by atoms with E-state index in [4.69, 9.17) is 4.74 Å². The highest BCUT2D eigenvalue weighted by atomic mass is 16.5. The number of nitrogens with one attached hydrogen (secondary N) is 3. The lowest BCUT2D eigenvalue weighted by atomic mass is 10.2. The van der Waals surface area contributed by atoms with Gasteiger partial charge in [-0.2, -0.15) is 10.2 Å². The number of hydrogen-bond donors (Lipinski definition) is 4. The zero-order chi connectivity index (χ0) is 17.5. The highest BCUT2D eigenvalue weighted by molar-refractivity contribution is 5.83. The Bertz CT molecular complexity index is 870. The molecule has 0 saturated heterocycles. The Morgan fingerprint density at radius 1 is 1.46 bits per heavy atom. The van der Waals surface area contributed by atoms with Gasteiger partial charge in [-0.05, 0) is 30.7 Å². The standard InChI is InChI=1S/C14H15N5O5/c1-2-24-11-5-8(3-4-10(11)20)7-15-18-12(21)6-9-13(22)16-14(23)19-17-9/h3-5,7,20H,2,6H2,1H3,(H,18,21)(H2,16,19,22,23). The maximum atomic E-state index is 11.7. The number of H-pyrrole nitrogens is 2. The van der Waals surface area contributed by atoms with Crippen LogP contribution < -0.4 is 21.4 Å². The van der Waals surface area contributed by atoms with Gasteiger partial charge in [0.25, 0.3) is 5.56 Å². The molecule has 1 aromatic heterocycles. The molecule has 1 amide bonds. The Hall–Kier alpha value is -3.43. The first-order chi connectivity index (χ1) is 11.5. The third-order valence-electron chi connectivity index (χ3n) is 2.80. The molecule has 0 aliphatic heterocycles. The van der Waals surface area contributed by atoms with Crippen LogP contribution in [0.4, 0.5) is 0 Å². The quantitative estimate of drug-likeness (QED) is 0.404. The lowest BCUT2D eigenvalue weighted by Gasteiger charge is -2.05. The summed E-state index contributed by atoms with van der Waals surface area (Å²) in [6.07, 6.45) is 1.01. The molecule has 0 saturated carbocycles. The van der Waals surface area contributed by atoms with Crippen LogP contribution in [0.15, 0.2) is 32.9 Å². The largest absolute Gasteiger partial charge is 0.504 e. The highest BCUT2D eigenvalue weighted by Crippen LogP contribution is 2.26. The molecule has 0 aliphatic carbocycles. The van der Waals surface area contributed by atoms with E-state index in [9.17, 15) is 19.5 Å². The van der Waals surface area contributed by atoms with Crippen molar-refractivity contribution in [2.45, 2.75) is 13.3 Å². The van der Waals surface area contributed by atoms with Gasteiger partial charge < -0.3 is 9.84 Å². The summed E-state index contributed by atoms with van der Waals surface area (Å²) in [5.41, 5.74) is 1.20. The second-order valence-corrected chi connectivity index (χ2v) is 4.58. The number of aromatic amines is 2. The van der Waals surface area contributed by atoms with Gasteiger partial charge in [-0.1, -0.05) is 0 Å². The third-order valence-corrected chi connectivity index (χ3v) is 2.80. The smallest absolute Gasteiger partial charge is 0.342 e. The fraction of sp³-hybridized carbons (Fsp3) is 0.214. The van der Waals surface area contributed by atoms with E-state index in [1.54, 1.807) is 19.1 Å². The van der Waals surface area contributed by atoms with Gasteiger partial charge in [-0.3, -0.25) is 14.6 Å². The van der Waals surface area contributed by atoms with E-state index in [2.05, 4.69) is 15.6 Å². The summed E-state index contributed by atoms with van der Waals surface area (Å²) in [5, 5.41) is 18.8. The molecule has 4 N–H and O–H groups in total. The molecule has 24 heavy (non-hydrogen) atoms. The number of benzene rings is 1. The van der Waals surface area contributed by atoms with Gasteiger partial charge in [0, 0.05) is 0 Å². The van der Waals surface area contributed by atoms with Crippen LogP contribution in [0.1, 0.15) is 18.2 Å². The second kappa shape index (κ2) is 7.72. The molecule has 0 bridgehead atoms. The van der Waals surface area contributed by atoms with Crippen LogP contribution in [0.5, 0.6) is 11.5 Å². The zero-order valence-corrected chi connectivity index (χ0v) is 12.7. The summed E-state index contributed by atoms with van der Waals surface area (Å²) < 4.78 is 5.23. The number of rotatable bonds is 6. The lowest BCUT2D eigenvalue weighted by Crippen LogP contribution is -2.31. The van der Waals surface area contributed by atoms with E-state index in [1.807, 2.05) is 10.1 Å². The van der Waals surface area contributed by atoms with Crippen LogP contribution in [0.3, 0.4) is 0 Å². The molecule has 2 aromatic rings. The summed E-state index contributed by atoms with van der Waals surface area (Å²) in [6.45, 7) is 2.18. The number of phenols is 1. The number of hydrazone groups is 1. The van der Waals surface area contributed by atoms with E-state index in [0.717, 1.165) is 0 Å². The van der Waals surface area contributed by atoms with Crippen molar-refractivity contribution >= 4 is 12.1 Å². The normalized spacial score (nSPS) is 10.7. The van der Waals surface area contributed by atoms with Crippen LogP contribution in [-0.4, -0.2) is 39.0 Å². The minimum Gasteiger partial charge on any atom is -0.504 e. The fourth-order valence-electron chi connectivity index (χ4n) is 1.74.